The lowest BCUT2D eigenvalue weighted by Gasteiger charge is -2.32. The van der Waals surface area contributed by atoms with Crippen molar-refractivity contribution >= 4 is 0 Å². The van der Waals surface area contributed by atoms with Gasteiger partial charge in [-0.3, -0.25) is 0 Å². The SMILES string of the molecule is CC1CCC(CC(C)(N)C(F)F)CC1. The van der Waals surface area contributed by atoms with Gasteiger partial charge in [-0.1, -0.05) is 32.6 Å². The Kier molecular flexibility index (Phi) is 3.87. The molecule has 1 fully saturated rings. The Hall–Kier alpha value is -0.180. The van der Waals surface area contributed by atoms with E-state index < -0.39 is 12.0 Å². The number of alkyl halides is 2. The van der Waals surface area contributed by atoms with Gasteiger partial charge in [0.25, 0.3) is 6.43 Å². The number of nitrogens with two attached hydrogens (primary N) is 1. The molecule has 1 atom stereocenters. The maximum Gasteiger partial charge on any atom is 0.256 e. The summed E-state index contributed by atoms with van der Waals surface area (Å²) >= 11 is 0. The van der Waals surface area contributed by atoms with Crippen LogP contribution >= 0.6 is 0 Å². The van der Waals surface area contributed by atoms with E-state index in [0.29, 0.717) is 12.3 Å². The predicted molar refractivity (Wildman–Crippen MR) is 54.3 cm³/mol. The molecule has 2 N–H and O–H groups in total. The van der Waals surface area contributed by atoms with Crippen LogP contribution in [0.4, 0.5) is 8.78 Å². The van der Waals surface area contributed by atoms with Crippen molar-refractivity contribution in [3.63, 3.8) is 0 Å². The first-order valence-corrected chi connectivity index (χ1v) is 5.49. The molecule has 1 saturated carbocycles. The van der Waals surface area contributed by atoms with Crippen LogP contribution in [0.5, 0.6) is 0 Å². The maximum absolute atomic E-state index is 12.5. The van der Waals surface area contributed by atoms with Gasteiger partial charge >= 0.3 is 0 Å². The number of rotatable bonds is 3. The highest BCUT2D eigenvalue weighted by molar-refractivity contribution is 4.86. The third-order valence-corrected chi connectivity index (χ3v) is 3.36. The van der Waals surface area contributed by atoms with Gasteiger partial charge in [0.2, 0.25) is 0 Å². The molecule has 0 radical (unpaired) electrons. The highest BCUT2D eigenvalue weighted by Crippen LogP contribution is 2.34. The number of halogens is 2. The quantitative estimate of drug-likeness (QED) is 0.752. The molecule has 0 aromatic carbocycles. The van der Waals surface area contributed by atoms with Crippen LogP contribution in [0.1, 0.15) is 46.0 Å². The van der Waals surface area contributed by atoms with Gasteiger partial charge in [-0.15, -0.1) is 0 Å². The molecule has 0 bridgehead atoms. The van der Waals surface area contributed by atoms with Gasteiger partial charge in [0.05, 0.1) is 5.54 Å². The molecule has 1 aliphatic carbocycles. The second-order valence-corrected chi connectivity index (χ2v) is 5.14. The Labute approximate surface area is 85.1 Å². The van der Waals surface area contributed by atoms with E-state index in [0.717, 1.165) is 18.8 Å². The van der Waals surface area contributed by atoms with E-state index in [9.17, 15) is 8.78 Å². The van der Waals surface area contributed by atoms with E-state index in [-0.39, 0.29) is 0 Å². The van der Waals surface area contributed by atoms with Crippen LogP contribution in [0.25, 0.3) is 0 Å². The molecule has 0 aliphatic heterocycles. The van der Waals surface area contributed by atoms with Gasteiger partial charge in [-0.05, 0) is 25.2 Å². The van der Waals surface area contributed by atoms with Gasteiger partial charge in [-0.25, -0.2) is 8.78 Å². The Balaban J connectivity index is 2.37. The van der Waals surface area contributed by atoms with Crippen molar-refractivity contribution < 1.29 is 8.78 Å². The topological polar surface area (TPSA) is 26.0 Å². The third-order valence-electron chi connectivity index (χ3n) is 3.36. The minimum absolute atomic E-state index is 0.412. The van der Waals surface area contributed by atoms with Crippen molar-refractivity contribution in [1.29, 1.82) is 0 Å². The van der Waals surface area contributed by atoms with Crippen LogP contribution in [-0.2, 0) is 0 Å². The minimum atomic E-state index is -2.40. The molecular weight excluding hydrogens is 184 g/mol. The Bertz CT molecular complexity index is 172. The summed E-state index contributed by atoms with van der Waals surface area (Å²) in [6, 6.07) is 0. The fourth-order valence-corrected chi connectivity index (χ4v) is 2.24. The molecule has 1 aliphatic rings. The summed E-state index contributed by atoms with van der Waals surface area (Å²) in [6.45, 7) is 3.70. The highest BCUT2D eigenvalue weighted by atomic mass is 19.3. The van der Waals surface area contributed by atoms with Gasteiger partial charge in [0.15, 0.2) is 0 Å². The van der Waals surface area contributed by atoms with Crippen molar-refractivity contribution in [3.05, 3.63) is 0 Å². The average Bonchev–Trinajstić information content (AvgIpc) is 2.08. The molecule has 84 valence electrons. The Morgan fingerprint density at radius 2 is 1.79 bits per heavy atom. The van der Waals surface area contributed by atoms with Gasteiger partial charge < -0.3 is 5.73 Å². The number of hydrogen-bond donors (Lipinski definition) is 1. The predicted octanol–water partition coefficient (Wildman–Crippen LogP) is 3.19. The van der Waals surface area contributed by atoms with Crippen molar-refractivity contribution in [3.8, 4) is 0 Å². The lowest BCUT2D eigenvalue weighted by molar-refractivity contribution is 0.0435. The molecular formula is C11H21F2N. The fraction of sp³-hybridized carbons (Fsp3) is 1.00. The van der Waals surface area contributed by atoms with Crippen molar-refractivity contribution in [1.82, 2.24) is 0 Å². The van der Waals surface area contributed by atoms with Crippen LogP contribution in [0, 0.1) is 11.8 Å². The van der Waals surface area contributed by atoms with Gasteiger partial charge in [0.1, 0.15) is 0 Å². The summed E-state index contributed by atoms with van der Waals surface area (Å²) < 4.78 is 25.0. The molecule has 0 amide bonds. The lowest BCUT2D eigenvalue weighted by Crippen LogP contribution is -2.45. The normalized spacial score (nSPS) is 33.0. The first-order valence-electron chi connectivity index (χ1n) is 5.49. The smallest absolute Gasteiger partial charge is 0.256 e. The van der Waals surface area contributed by atoms with E-state index in [1.807, 2.05) is 0 Å². The molecule has 0 aromatic heterocycles. The van der Waals surface area contributed by atoms with E-state index in [4.69, 9.17) is 5.73 Å². The monoisotopic (exact) mass is 205 g/mol. The molecule has 1 rings (SSSR count). The van der Waals surface area contributed by atoms with Crippen molar-refractivity contribution in [2.45, 2.75) is 57.9 Å². The fourth-order valence-electron chi connectivity index (χ4n) is 2.24. The van der Waals surface area contributed by atoms with E-state index >= 15 is 0 Å². The Morgan fingerprint density at radius 1 is 1.29 bits per heavy atom. The highest BCUT2D eigenvalue weighted by Gasteiger charge is 2.34. The largest absolute Gasteiger partial charge is 0.321 e. The molecule has 14 heavy (non-hydrogen) atoms. The third kappa shape index (κ3) is 3.19. The first-order chi connectivity index (χ1) is 6.42. The second kappa shape index (κ2) is 4.56. The summed E-state index contributed by atoms with van der Waals surface area (Å²) in [5.41, 5.74) is 4.29. The summed E-state index contributed by atoms with van der Waals surface area (Å²) in [5, 5.41) is 0. The van der Waals surface area contributed by atoms with E-state index in [1.54, 1.807) is 0 Å². The summed E-state index contributed by atoms with van der Waals surface area (Å²) in [4.78, 5) is 0. The van der Waals surface area contributed by atoms with Crippen LogP contribution in [0.2, 0.25) is 0 Å². The first kappa shape index (κ1) is 11.9. The molecule has 0 spiro atoms. The molecule has 0 heterocycles. The zero-order chi connectivity index (χ0) is 10.8. The van der Waals surface area contributed by atoms with E-state index in [1.165, 1.54) is 19.8 Å². The molecule has 1 unspecified atom stereocenters. The van der Waals surface area contributed by atoms with Crippen molar-refractivity contribution in [2.75, 3.05) is 0 Å². The van der Waals surface area contributed by atoms with Crippen molar-refractivity contribution in [2.24, 2.45) is 17.6 Å². The van der Waals surface area contributed by atoms with Gasteiger partial charge in [0, 0.05) is 0 Å². The number of hydrogen-bond acceptors (Lipinski definition) is 1. The van der Waals surface area contributed by atoms with Crippen LogP contribution in [0.15, 0.2) is 0 Å². The molecule has 3 heteroatoms. The maximum atomic E-state index is 12.5. The van der Waals surface area contributed by atoms with Gasteiger partial charge in [-0.2, -0.15) is 0 Å². The van der Waals surface area contributed by atoms with Crippen LogP contribution in [-0.4, -0.2) is 12.0 Å². The molecule has 1 nitrogen and oxygen atoms in total. The minimum Gasteiger partial charge on any atom is -0.321 e. The van der Waals surface area contributed by atoms with Crippen LogP contribution < -0.4 is 5.73 Å². The summed E-state index contributed by atoms with van der Waals surface area (Å²) in [6.07, 6.45) is 2.55. The molecule has 0 saturated heterocycles. The zero-order valence-electron chi connectivity index (χ0n) is 9.10. The lowest BCUT2D eigenvalue weighted by atomic mass is 9.77. The Morgan fingerprint density at radius 3 is 2.21 bits per heavy atom. The zero-order valence-corrected chi connectivity index (χ0v) is 9.10. The second-order valence-electron chi connectivity index (χ2n) is 5.14. The standard InChI is InChI=1S/C11H21F2N/c1-8-3-5-9(6-4-8)7-11(2,14)10(12)13/h8-10H,3-7,14H2,1-2H3. The summed E-state index contributed by atoms with van der Waals surface area (Å²) in [7, 11) is 0. The average molecular weight is 205 g/mol. The summed E-state index contributed by atoms with van der Waals surface area (Å²) in [5.74, 6) is 1.18. The molecule has 0 aromatic rings. The van der Waals surface area contributed by atoms with Crippen LogP contribution in [0.3, 0.4) is 0 Å². The van der Waals surface area contributed by atoms with E-state index in [2.05, 4.69) is 6.92 Å².